The molecule has 10 nitrogen and oxygen atoms in total. The van der Waals surface area contributed by atoms with E-state index in [4.69, 9.17) is 5.73 Å². The van der Waals surface area contributed by atoms with E-state index in [-0.39, 0.29) is 22.9 Å². The lowest BCUT2D eigenvalue weighted by Gasteiger charge is -2.05. The van der Waals surface area contributed by atoms with Crippen LogP contribution in [0.4, 0.5) is 17.2 Å². The molecule has 0 atom stereocenters. The Hall–Kier alpha value is -3.17. The number of hydrogen-bond donors (Lipinski definition) is 3. The van der Waals surface area contributed by atoms with Gasteiger partial charge in [-0.2, -0.15) is 0 Å². The molecule has 1 aromatic heterocycles. The van der Waals surface area contributed by atoms with Gasteiger partial charge in [0.25, 0.3) is 11.6 Å². The van der Waals surface area contributed by atoms with E-state index in [1.165, 1.54) is 6.07 Å². The molecule has 0 saturated heterocycles. The number of benzene rings is 1. The lowest BCUT2D eigenvalue weighted by molar-refractivity contribution is -0.384. The van der Waals surface area contributed by atoms with E-state index < -0.39 is 16.6 Å². The fraction of sp³-hybridized carbons (Fsp3) is 0. The van der Waals surface area contributed by atoms with Crippen LogP contribution >= 0.6 is 0 Å². The average molecular weight is 265 g/mol. The Morgan fingerprint density at radius 3 is 2.74 bits per heavy atom. The number of aromatic nitrogens is 2. The summed E-state index contributed by atoms with van der Waals surface area (Å²) in [5, 5.41) is 28.8. The monoisotopic (exact) mass is 265 g/mol. The van der Waals surface area contributed by atoms with Crippen LogP contribution in [0.15, 0.2) is 22.8 Å². The third kappa shape index (κ3) is 2.41. The van der Waals surface area contributed by atoms with Crippen LogP contribution in [0.5, 0.6) is 5.75 Å². The van der Waals surface area contributed by atoms with E-state index in [1.54, 1.807) is 0 Å². The number of hydrogen-bond acceptors (Lipinski definition) is 8. The second-order valence-corrected chi connectivity index (χ2v) is 3.41. The number of nitrogens with one attached hydrogen (secondary N) is 1. The molecule has 4 N–H and O–H groups in total. The zero-order valence-corrected chi connectivity index (χ0v) is 9.23. The number of rotatable bonds is 3. The first kappa shape index (κ1) is 12.3. The molecule has 2 aromatic rings. The van der Waals surface area contributed by atoms with Gasteiger partial charge in [0, 0.05) is 6.07 Å². The molecule has 0 unspecified atom stereocenters. The number of nitrogens with two attached hydrogens (primary N) is 1. The van der Waals surface area contributed by atoms with Gasteiger partial charge in [0.1, 0.15) is 5.75 Å². The smallest absolute Gasteiger partial charge is 0.281 e. The highest BCUT2D eigenvalue weighted by atomic mass is 16.6. The van der Waals surface area contributed by atoms with Gasteiger partial charge in [0.2, 0.25) is 11.5 Å². The highest BCUT2D eigenvalue weighted by Gasteiger charge is 2.18. The molecule has 0 aliphatic rings. The minimum Gasteiger partial charge on any atom is -0.506 e. The van der Waals surface area contributed by atoms with Crippen molar-refractivity contribution in [2.24, 2.45) is 0 Å². The van der Waals surface area contributed by atoms with E-state index in [2.05, 4.69) is 20.3 Å². The van der Waals surface area contributed by atoms with Crippen LogP contribution in [0.2, 0.25) is 0 Å². The van der Waals surface area contributed by atoms with Crippen molar-refractivity contribution in [3.8, 4) is 5.75 Å². The van der Waals surface area contributed by atoms with Crippen molar-refractivity contribution < 1.29 is 19.5 Å². The van der Waals surface area contributed by atoms with Gasteiger partial charge in [0.05, 0.1) is 16.7 Å². The van der Waals surface area contributed by atoms with Gasteiger partial charge in [-0.15, -0.1) is 0 Å². The van der Waals surface area contributed by atoms with E-state index in [9.17, 15) is 20.0 Å². The topological polar surface area (TPSA) is 157 Å². The van der Waals surface area contributed by atoms with Crippen LogP contribution in [0.25, 0.3) is 0 Å². The Labute approximate surface area is 104 Å². The highest BCUT2D eigenvalue weighted by Crippen LogP contribution is 2.28. The maximum Gasteiger partial charge on any atom is 0.281 e. The molecule has 98 valence electrons. The first-order chi connectivity index (χ1) is 8.99. The highest BCUT2D eigenvalue weighted by molar-refractivity contribution is 6.06. The second-order valence-electron chi connectivity index (χ2n) is 3.41. The van der Waals surface area contributed by atoms with Gasteiger partial charge in [-0.25, -0.2) is 4.63 Å². The Balaban J connectivity index is 2.23. The minimum atomic E-state index is -0.761. The van der Waals surface area contributed by atoms with Crippen molar-refractivity contribution in [1.82, 2.24) is 10.3 Å². The van der Waals surface area contributed by atoms with E-state index in [1.807, 2.05) is 0 Å². The molecule has 0 spiro atoms. The Kier molecular flexibility index (Phi) is 2.98. The number of non-ortho nitro benzene ring substituents is 1. The summed E-state index contributed by atoms with van der Waals surface area (Å²) in [5.74, 6) is -1.43. The molecular weight excluding hydrogens is 258 g/mol. The molecule has 2 rings (SSSR count). The number of amides is 1. The molecular formula is C9H7N5O5. The number of phenolic OH excluding ortho intramolecular Hbond substituents is 1. The second kappa shape index (κ2) is 4.60. The van der Waals surface area contributed by atoms with Gasteiger partial charge in [-0.1, -0.05) is 0 Å². The third-order valence-electron chi connectivity index (χ3n) is 2.17. The molecule has 1 amide bonds. The standard InChI is InChI=1S/C9H7N5O5/c10-8-7(12-19-13-8)9(16)11-5-2-1-4(14(17)18)3-6(5)15/h1-3,15H,(H2,10,13)(H,11,16). The van der Waals surface area contributed by atoms with Crippen molar-refractivity contribution in [1.29, 1.82) is 0 Å². The molecule has 0 bridgehead atoms. The predicted octanol–water partition coefficient (Wildman–Crippen LogP) is 0.518. The van der Waals surface area contributed by atoms with Crippen LogP contribution in [0, 0.1) is 10.1 Å². The Morgan fingerprint density at radius 1 is 1.47 bits per heavy atom. The molecule has 0 aliphatic heterocycles. The summed E-state index contributed by atoms with van der Waals surface area (Å²) in [4.78, 5) is 21.5. The van der Waals surface area contributed by atoms with Gasteiger partial charge >= 0.3 is 0 Å². The SMILES string of the molecule is Nc1nonc1C(=O)Nc1ccc([N+](=O)[O-])cc1O. The van der Waals surface area contributed by atoms with E-state index in [0.29, 0.717) is 0 Å². The third-order valence-corrected chi connectivity index (χ3v) is 2.17. The van der Waals surface area contributed by atoms with Crippen molar-refractivity contribution in [3.05, 3.63) is 34.0 Å². The number of anilines is 2. The summed E-state index contributed by atoms with van der Waals surface area (Å²) in [6.45, 7) is 0. The summed E-state index contributed by atoms with van der Waals surface area (Å²) in [6.07, 6.45) is 0. The Morgan fingerprint density at radius 2 is 2.21 bits per heavy atom. The summed E-state index contributed by atoms with van der Waals surface area (Å²) >= 11 is 0. The molecule has 0 radical (unpaired) electrons. The molecule has 0 aliphatic carbocycles. The van der Waals surface area contributed by atoms with Crippen LogP contribution < -0.4 is 11.1 Å². The molecule has 0 fully saturated rings. The fourth-order valence-corrected chi connectivity index (χ4v) is 1.27. The van der Waals surface area contributed by atoms with Crippen LogP contribution in [-0.4, -0.2) is 26.3 Å². The van der Waals surface area contributed by atoms with Gasteiger partial charge in [0.15, 0.2) is 0 Å². The van der Waals surface area contributed by atoms with Crippen molar-refractivity contribution >= 4 is 23.1 Å². The van der Waals surface area contributed by atoms with Gasteiger partial charge in [-0.05, 0) is 16.4 Å². The summed E-state index contributed by atoms with van der Waals surface area (Å²) in [7, 11) is 0. The normalized spacial score (nSPS) is 10.1. The number of nitro groups is 1. The summed E-state index contributed by atoms with van der Waals surface area (Å²) in [5.41, 5.74) is 4.73. The maximum absolute atomic E-state index is 11.7. The average Bonchev–Trinajstić information content (AvgIpc) is 2.77. The van der Waals surface area contributed by atoms with Gasteiger partial charge in [-0.3, -0.25) is 14.9 Å². The van der Waals surface area contributed by atoms with Crippen molar-refractivity contribution in [2.75, 3.05) is 11.1 Å². The molecule has 1 heterocycles. The lowest BCUT2D eigenvalue weighted by atomic mass is 10.2. The Bertz CT molecular complexity index is 652. The van der Waals surface area contributed by atoms with Crippen LogP contribution in [-0.2, 0) is 0 Å². The number of nitrogens with zero attached hydrogens (tertiary/aromatic N) is 3. The fourth-order valence-electron chi connectivity index (χ4n) is 1.27. The largest absolute Gasteiger partial charge is 0.506 e. The first-order valence-corrected chi connectivity index (χ1v) is 4.86. The number of nitrogen functional groups attached to an aromatic ring is 1. The zero-order valence-electron chi connectivity index (χ0n) is 9.23. The first-order valence-electron chi connectivity index (χ1n) is 4.86. The van der Waals surface area contributed by atoms with Crippen molar-refractivity contribution in [3.63, 3.8) is 0 Å². The number of carbonyl (C=O) groups excluding carboxylic acids is 1. The summed E-state index contributed by atoms with van der Waals surface area (Å²) < 4.78 is 4.25. The molecule has 0 saturated carbocycles. The number of aromatic hydroxyl groups is 1. The van der Waals surface area contributed by atoms with Crippen LogP contribution in [0.1, 0.15) is 10.5 Å². The molecule has 19 heavy (non-hydrogen) atoms. The summed E-state index contributed by atoms with van der Waals surface area (Å²) in [6, 6.07) is 3.20. The quantitative estimate of drug-likeness (QED) is 0.411. The zero-order chi connectivity index (χ0) is 14.0. The number of nitro benzene ring substituents is 1. The lowest BCUT2D eigenvalue weighted by Crippen LogP contribution is -2.14. The van der Waals surface area contributed by atoms with E-state index in [0.717, 1.165) is 12.1 Å². The predicted molar refractivity (Wildman–Crippen MR) is 61.4 cm³/mol. The number of carbonyl (C=O) groups is 1. The molecule has 1 aromatic carbocycles. The minimum absolute atomic E-state index is 0.0296. The number of phenols is 1. The van der Waals surface area contributed by atoms with E-state index >= 15 is 0 Å². The maximum atomic E-state index is 11.7. The van der Waals surface area contributed by atoms with Crippen molar-refractivity contribution in [2.45, 2.75) is 0 Å². The molecule has 10 heteroatoms. The van der Waals surface area contributed by atoms with Crippen LogP contribution in [0.3, 0.4) is 0 Å². The van der Waals surface area contributed by atoms with Gasteiger partial charge < -0.3 is 16.2 Å².